The third kappa shape index (κ3) is 3.98. The number of halogens is 1. The van der Waals surface area contributed by atoms with E-state index in [1.165, 1.54) is 0 Å². The predicted octanol–water partition coefficient (Wildman–Crippen LogP) is 6.68. The summed E-state index contributed by atoms with van der Waals surface area (Å²) >= 11 is 6.28. The molecular formula is C32H25ClN2O5. The van der Waals surface area contributed by atoms with E-state index in [4.69, 9.17) is 25.8 Å². The molecule has 1 aliphatic heterocycles. The fourth-order valence-electron chi connectivity index (χ4n) is 5.43. The summed E-state index contributed by atoms with van der Waals surface area (Å²) in [5.74, 6) is 0.855. The monoisotopic (exact) mass is 552 g/mol. The topological polar surface area (TPSA) is 77.1 Å². The molecule has 1 atom stereocenters. The van der Waals surface area contributed by atoms with E-state index in [1.54, 1.807) is 57.7 Å². The Balaban J connectivity index is 1.70. The maximum Gasteiger partial charge on any atom is 0.212 e. The Bertz CT molecular complexity index is 1670. The van der Waals surface area contributed by atoms with Gasteiger partial charge in [-0.25, -0.2) is 0 Å². The molecule has 0 fully saturated rings. The summed E-state index contributed by atoms with van der Waals surface area (Å²) in [5, 5.41) is 3.88. The van der Waals surface area contributed by atoms with Crippen molar-refractivity contribution in [2.75, 3.05) is 31.5 Å². The van der Waals surface area contributed by atoms with Crippen LogP contribution in [0.25, 0.3) is 0 Å². The van der Waals surface area contributed by atoms with Crippen molar-refractivity contribution >= 4 is 34.5 Å². The molecule has 0 radical (unpaired) electrons. The van der Waals surface area contributed by atoms with Crippen LogP contribution in [0.3, 0.4) is 0 Å². The van der Waals surface area contributed by atoms with Crippen LogP contribution < -0.4 is 24.4 Å². The van der Waals surface area contributed by atoms with E-state index in [2.05, 4.69) is 5.32 Å². The summed E-state index contributed by atoms with van der Waals surface area (Å²) in [6.07, 6.45) is 0. The lowest BCUT2D eigenvalue weighted by molar-refractivity contribution is 0.0973. The van der Waals surface area contributed by atoms with Gasteiger partial charge in [-0.3, -0.25) is 9.59 Å². The number of ketones is 2. The van der Waals surface area contributed by atoms with Crippen LogP contribution in [0.2, 0.25) is 5.02 Å². The summed E-state index contributed by atoms with van der Waals surface area (Å²) in [6.45, 7) is 0. The van der Waals surface area contributed by atoms with Crippen LogP contribution in [0.15, 0.2) is 96.3 Å². The second kappa shape index (κ2) is 10.1. The highest BCUT2D eigenvalue weighted by Crippen LogP contribution is 2.48. The van der Waals surface area contributed by atoms with Crippen molar-refractivity contribution in [3.05, 3.63) is 124 Å². The van der Waals surface area contributed by atoms with Gasteiger partial charge in [0.25, 0.3) is 0 Å². The summed E-state index contributed by atoms with van der Waals surface area (Å²) in [6, 6.07) is 24.9. The molecule has 0 spiro atoms. The second-order valence-corrected chi connectivity index (χ2v) is 9.78. The number of hydrogen-bond acceptors (Lipinski definition) is 7. The van der Waals surface area contributed by atoms with Crippen molar-refractivity contribution in [3.63, 3.8) is 0 Å². The number of rotatable bonds is 5. The molecule has 4 aromatic rings. The smallest absolute Gasteiger partial charge is 0.212 e. The van der Waals surface area contributed by atoms with Gasteiger partial charge >= 0.3 is 0 Å². The zero-order chi connectivity index (χ0) is 28.0. The first kappa shape index (κ1) is 25.5. The van der Waals surface area contributed by atoms with E-state index in [1.807, 2.05) is 53.4 Å². The molecule has 40 heavy (non-hydrogen) atoms. The minimum atomic E-state index is -0.576. The van der Waals surface area contributed by atoms with Crippen LogP contribution >= 0.6 is 11.6 Å². The highest BCUT2D eigenvalue weighted by atomic mass is 35.5. The molecule has 2 aliphatic rings. The first-order chi connectivity index (χ1) is 19.5. The van der Waals surface area contributed by atoms with Crippen molar-refractivity contribution in [1.82, 2.24) is 0 Å². The molecule has 6 rings (SSSR count). The van der Waals surface area contributed by atoms with Gasteiger partial charge in [0.1, 0.15) is 11.4 Å². The van der Waals surface area contributed by atoms with Gasteiger partial charge in [-0.1, -0.05) is 54.1 Å². The van der Waals surface area contributed by atoms with E-state index in [0.717, 1.165) is 11.1 Å². The molecule has 200 valence electrons. The summed E-state index contributed by atoms with van der Waals surface area (Å²) in [4.78, 5) is 30.1. The van der Waals surface area contributed by atoms with E-state index in [0.29, 0.717) is 44.8 Å². The van der Waals surface area contributed by atoms with Crippen molar-refractivity contribution in [2.24, 2.45) is 0 Å². The zero-order valence-electron chi connectivity index (χ0n) is 22.0. The van der Waals surface area contributed by atoms with Crippen LogP contribution in [0, 0.1) is 0 Å². The van der Waals surface area contributed by atoms with Gasteiger partial charge in [0, 0.05) is 33.1 Å². The highest BCUT2D eigenvalue weighted by Gasteiger charge is 2.42. The standard InChI is InChI=1S/C32H25ClN2O5/c1-38-25-16-18(17-26(39-2)32(25)40-3)28-23-10-6-7-11-24(23)34-27-29(35(28)20-14-12-19(33)13-15-20)31(37)22-9-5-4-8-21(22)30(27)36/h4-17,28,34H,1-3H3. The Morgan fingerprint density at radius 2 is 1.35 bits per heavy atom. The number of methoxy groups -OCH3 is 3. The summed E-state index contributed by atoms with van der Waals surface area (Å²) < 4.78 is 17.0. The molecular weight excluding hydrogens is 528 g/mol. The van der Waals surface area contributed by atoms with Crippen LogP contribution in [0.1, 0.15) is 37.9 Å². The molecule has 1 aliphatic carbocycles. The number of nitrogens with zero attached hydrogens (tertiary/aromatic N) is 1. The largest absolute Gasteiger partial charge is 0.493 e. The number of hydrogen-bond donors (Lipinski definition) is 1. The quantitative estimate of drug-likeness (QED) is 0.296. The number of carbonyl (C=O) groups is 2. The fourth-order valence-corrected chi connectivity index (χ4v) is 5.55. The van der Waals surface area contributed by atoms with Crippen LogP contribution in [0.4, 0.5) is 11.4 Å². The normalized spacial score (nSPS) is 15.9. The Morgan fingerprint density at radius 1 is 0.750 bits per heavy atom. The Morgan fingerprint density at radius 3 is 1.98 bits per heavy atom. The molecule has 0 saturated heterocycles. The Labute approximate surface area is 236 Å². The average molecular weight is 553 g/mol. The van der Waals surface area contributed by atoms with Crippen molar-refractivity contribution < 1.29 is 23.8 Å². The third-order valence-corrected chi connectivity index (χ3v) is 7.47. The van der Waals surface area contributed by atoms with Gasteiger partial charge in [-0.05, 0) is 48.0 Å². The summed E-state index contributed by atoms with van der Waals surface area (Å²) in [5.41, 5.74) is 4.12. The fraction of sp³-hybridized carbons (Fsp3) is 0.125. The third-order valence-electron chi connectivity index (χ3n) is 7.22. The van der Waals surface area contributed by atoms with Crippen LogP contribution in [0.5, 0.6) is 17.2 Å². The van der Waals surface area contributed by atoms with Gasteiger partial charge in [-0.15, -0.1) is 0 Å². The number of Topliss-reactive ketones (excluding diaryl/α,β-unsaturated/α-hetero) is 2. The lowest BCUT2D eigenvalue weighted by atomic mass is 9.88. The lowest BCUT2D eigenvalue weighted by Gasteiger charge is -2.36. The van der Waals surface area contributed by atoms with Gasteiger partial charge in [0.15, 0.2) is 11.5 Å². The van der Waals surface area contributed by atoms with Gasteiger partial charge in [0.05, 0.1) is 27.4 Å². The van der Waals surface area contributed by atoms with E-state index in [-0.39, 0.29) is 23.0 Å². The second-order valence-electron chi connectivity index (χ2n) is 9.35. The Hall–Kier alpha value is -4.75. The van der Waals surface area contributed by atoms with Crippen molar-refractivity contribution in [3.8, 4) is 17.2 Å². The van der Waals surface area contributed by atoms with E-state index in [9.17, 15) is 9.59 Å². The molecule has 4 aromatic carbocycles. The molecule has 0 aromatic heterocycles. The molecule has 1 N–H and O–H groups in total. The number of nitrogens with one attached hydrogen (secondary N) is 1. The number of benzene rings is 4. The predicted molar refractivity (Wildman–Crippen MR) is 154 cm³/mol. The van der Waals surface area contributed by atoms with Gasteiger partial charge in [0.2, 0.25) is 17.3 Å². The minimum Gasteiger partial charge on any atom is -0.493 e. The molecule has 0 amide bonds. The first-order valence-corrected chi connectivity index (χ1v) is 13.0. The zero-order valence-corrected chi connectivity index (χ0v) is 22.8. The first-order valence-electron chi connectivity index (χ1n) is 12.6. The van der Waals surface area contributed by atoms with Crippen molar-refractivity contribution in [1.29, 1.82) is 0 Å². The number of allylic oxidation sites excluding steroid dienone is 2. The number of fused-ring (bicyclic) bond motifs is 2. The molecule has 0 saturated carbocycles. The van der Waals surface area contributed by atoms with Crippen LogP contribution in [-0.4, -0.2) is 32.9 Å². The molecule has 0 bridgehead atoms. The number of anilines is 2. The Kier molecular flexibility index (Phi) is 6.44. The maximum absolute atomic E-state index is 14.3. The van der Waals surface area contributed by atoms with E-state index >= 15 is 0 Å². The SMILES string of the molecule is COc1cc(C2c3ccccc3NC3=C(C(=O)c4ccccc4C3=O)N2c2ccc(Cl)cc2)cc(OC)c1OC. The van der Waals surface area contributed by atoms with Gasteiger partial charge < -0.3 is 24.4 Å². The number of para-hydroxylation sites is 1. The maximum atomic E-state index is 14.3. The number of carbonyl (C=O) groups excluding carboxylic acids is 2. The van der Waals surface area contributed by atoms with Crippen LogP contribution in [-0.2, 0) is 0 Å². The number of ether oxygens (including phenoxy) is 3. The lowest BCUT2D eigenvalue weighted by Crippen LogP contribution is -2.37. The molecule has 1 unspecified atom stereocenters. The van der Waals surface area contributed by atoms with E-state index < -0.39 is 6.04 Å². The van der Waals surface area contributed by atoms with Gasteiger partial charge in [-0.2, -0.15) is 0 Å². The molecule has 8 heteroatoms. The average Bonchev–Trinajstić information content (AvgIpc) is 3.14. The highest BCUT2D eigenvalue weighted by molar-refractivity contribution is 6.31. The molecule has 1 heterocycles. The van der Waals surface area contributed by atoms with Crippen molar-refractivity contribution in [2.45, 2.75) is 6.04 Å². The minimum absolute atomic E-state index is 0.209. The molecule has 7 nitrogen and oxygen atoms in total. The summed E-state index contributed by atoms with van der Waals surface area (Å²) in [7, 11) is 4.66.